The van der Waals surface area contributed by atoms with E-state index in [9.17, 15) is 4.79 Å². The average molecular weight is 302 g/mol. The SMILES string of the molecule is CSN(C)CCN1CCN(C(=O)N(C)C(C)C)CC1C. The number of urea groups is 1. The Morgan fingerprint density at radius 1 is 1.35 bits per heavy atom. The number of likely N-dealkylation sites (N-methyl/N-ethyl adjacent to an activating group) is 1. The summed E-state index contributed by atoms with van der Waals surface area (Å²) < 4.78 is 2.25. The first-order valence-electron chi connectivity index (χ1n) is 7.37. The Morgan fingerprint density at radius 2 is 2.00 bits per heavy atom. The molecule has 0 N–H and O–H groups in total. The van der Waals surface area contributed by atoms with E-state index in [0.717, 1.165) is 32.7 Å². The van der Waals surface area contributed by atoms with Crippen molar-refractivity contribution in [1.29, 1.82) is 0 Å². The Bertz CT molecular complexity index is 314. The predicted molar refractivity (Wildman–Crippen MR) is 87.0 cm³/mol. The summed E-state index contributed by atoms with van der Waals surface area (Å²) in [6, 6.07) is 0.849. The van der Waals surface area contributed by atoms with Crippen LogP contribution >= 0.6 is 11.9 Å². The Morgan fingerprint density at radius 3 is 2.50 bits per heavy atom. The van der Waals surface area contributed by atoms with Gasteiger partial charge in [-0.1, -0.05) is 11.9 Å². The molecule has 1 aliphatic heterocycles. The van der Waals surface area contributed by atoms with Gasteiger partial charge in [0.05, 0.1) is 0 Å². The first kappa shape index (κ1) is 17.6. The van der Waals surface area contributed by atoms with Gasteiger partial charge in [-0.15, -0.1) is 0 Å². The largest absolute Gasteiger partial charge is 0.325 e. The van der Waals surface area contributed by atoms with E-state index >= 15 is 0 Å². The first-order valence-corrected chi connectivity index (χ1v) is 8.56. The standard InChI is InChI=1S/C14H30N4OS/c1-12(2)16(5)14(19)18-10-9-17(13(3)11-18)8-7-15(4)20-6/h12-13H,7-11H2,1-6H3. The van der Waals surface area contributed by atoms with Crippen LogP contribution in [-0.2, 0) is 0 Å². The van der Waals surface area contributed by atoms with Crippen LogP contribution in [0.5, 0.6) is 0 Å². The van der Waals surface area contributed by atoms with Gasteiger partial charge >= 0.3 is 6.03 Å². The molecule has 0 aromatic carbocycles. The highest BCUT2D eigenvalue weighted by Crippen LogP contribution is 2.13. The lowest BCUT2D eigenvalue weighted by molar-refractivity contribution is 0.0795. The number of piperazine rings is 1. The fraction of sp³-hybridized carbons (Fsp3) is 0.929. The summed E-state index contributed by atoms with van der Waals surface area (Å²) in [7, 11) is 4.00. The Hall–Kier alpha value is -0.460. The number of carbonyl (C=O) groups excluding carboxylic acids is 1. The Labute approximate surface area is 128 Å². The minimum absolute atomic E-state index is 0.160. The van der Waals surface area contributed by atoms with E-state index in [0.29, 0.717) is 6.04 Å². The topological polar surface area (TPSA) is 30.0 Å². The molecule has 0 aliphatic carbocycles. The summed E-state index contributed by atoms with van der Waals surface area (Å²) in [6.45, 7) is 11.1. The maximum absolute atomic E-state index is 12.3. The number of amides is 2. The van der Waals surface area contributed by atoms with E-state index in [1.807, 2.05) is 16.8 Å². The maximum atomic E-state index is 12.3. The van der Waals surface area contributed by atoms with E-state index in [-0.39, 0.29) is 12.1 Å². The first-order chi connectivity index (χ1) is 9.36. The Balaban J connectivity index is 2.44. The fourth-order valence-electron chi connectivity index (χ4n) is 2.31. The molecule has 20 heavy (non-hydrogen) atoms. The molecule has 0 spiro atoms. The van der Waals surface area contributed by atoms with Gasteiger partial charge < -0.3 is 9.80 Å². The van der Waals surface area contributed by atoms with Crippen LogP contribution in [0.25, 0.3) is 0 Å². The van der Waals surface area contributed by atoms with Gasteiger partial charge in [0, 0.05) is 51.9 Å². The molecule has 1 heterocycles. The molecule has 2 amide bonds. The van der Waals surface area contributed by atoms with Gasteiger partial charge in [-0.25, -0.2) is 4.79 Å². The highest BCUT2D eigenvalue weighted by molar-refractivity contribution is 7.96. The van der Waals surface area contributed by atoms with E-state index < -0.39 is 0 Å². The molecular weight excluding hydrogens is 272 g/mol. The molecule has 6 heteroatoms. The van der Waals surface area contributed by atoms with Crippen molar-refractivity contribution in [3.63, 3.8) is 0 Å². The summed E-state index contributed by atoms with van der Waals surface area (Å²) in [6.07, 6.45) is 2.10. The minimum atomic E-state index is 0.160. The van der Waals surface area contributed by atoms with Crippen molar-refractivity contribution in [2.75, 3.05) is 53.1 Å². The molecule has 0 saturated carbocycles. The van der Waals surface area contributed by atoms with Crippen molar-refractivity contribution in [3.8, 4) is 0 Å². The fourth-order valence-corrected chi connectivity index (χ4v) is 2.57. The zero-order chi connectivity index (χ0) is 15.3. The van der Waals surface area contributed by atoms with Gasteiger partial charge in [0.25, 0.3) is 0 Å². The minimum Gasteiger partial charge on any atom is -0.325 e. The predicted octanol–water partition coefficient (Wildman–Crippen LogP) is 1.66. The zero-order valence-corrected chi connectivity index (χ0v) is 14.6. The second kappa shape index (κ2) is 8.10. The summed E-state index contributed by atoms with van der Waals surface area (Å²) in [4.78, 5) is 18.6. The second-order valence-corrected chi connectivity index (χ2v) is 6.84. The van der Waals surface area contributed by atoms with Crippen LogP contribution in [0.1, 0.15) is 20.8 Å². The molecule has 1 rings (SSSR count). The van der Waals surface area contributed by atoms with Crippen LogP contribution in [0.15, 0.2) is 0 Å². The molecule has 118 valence electrons. The third-order valence-electron chi connectivity index (χ3n) is 4.13. The van der Waals surface area contributed by atoms with Crippen molar-refractivity contribution >= 4 is 18.0 Å². The second-order valence-electron chi connectivity index (χ2n) is 5.85. The smallest absolute Gasteiger partial charge is 0.320 e. The van der Waals surface area contributed by atoms with Gasteiger partial charge in [-0.3, -0.25) is 9.21 Å². The number of hydrogen-bond acceptors (Lipinski definition) is 4. The molecule has 5 nitrogen and oxygen atoms in total. The van der Waals surface area contributed by atoms with Crippen molar-refractivity contribution < 1.29 is 4.79 Å². The van der Waals surface area contributed by atoms with Crippen molar-refractivity contribution in [1.82, 2.24) is 19.0 Å². The molecule has 0 aromatic heterocycles. The number of rotatable bonds is 5. The molecule has 1 unspecified atom stereocenters. The number of hydrogen-bond donors (Lipinski definition) is 0. The average Bonchev–Trinajstić information content (AvgIpc) is 2.43. The Kier molecular flexibility index (Phi) is 7.12. The zero-order valence-electron chi connectivity index (χ0n) is 13.8. The molecule has 0 bridgehead atoms. The highest BCUT2D eigenvalue weighted by atomic mass is 32.2. The third kappa shape index (κ3) is 4.82. The van der Waals surface area contributed by atoms with E-state index in [2.05, 4.69) is 43.3 Å². The van der Waals surface area contributed by atoms with Crippen LogP contribution < -0.4 is 0 Å². The quantitative estimate of drug-likeness (QED) is 0.723. The lowest BCUT2D eigenvalue weighted by Crippen LogP contribution is -2.57. The van der Waals surface area contributed by atoms with E-state index in [1.165, 1.54) is 0 Å². The number of carbonyl (C=O) groups is 1. The molecule has 1 aliphatic rings. The number of nitrogens with zero attached hydrogens (tertiary/aromatic N) is 4. The van der Waals surface area contributed by atoms with Crippen molar-refractivity contribution in [2.45, 2.75) is 32.9 Å². The van der Waals surface area contributed by atoms with Crippen LogP contribution in [0.2, 0.25) is 0 Å². The van der Waals surface area contributed by atoms with Gasteiger partial charge in [0.15, 0.2) is 0 Å². The molecule has 0 aromatic rings. The van der Waals surface area contributed by atoms with E-state index in [1.54, 1.807) is 11.9 Å². The maximum Gasteiger partial charge on any atom is 0.320 e. The van der Waals surface area contributed by atoms with Crippen LogP contribution in [0.4, 0.5) is 4.79 Å². The normalized spacial score (nSPS) is 20.8. The summed E-state index contributed by atoms with van der Waals surface area (Å²) in [5.74, 6) is 0. The molecular formula is C14H30N4OS. The van der Waals surface area contributed by atoms with Crippen LogP contribution in [-0.4, -0.2) is 90.2 Å². The van der Waals surface area contributed by atoms with Crippen molar-refractivity contribution in [3.05, 3.63) is 0 Å². The van der Waals surface area contributed by atoms with E-state index in [4.69, 9.17) is 0 Å². The van der Waals surface area contributed by atoms with Gasteiger partial charge in [-0.2, -0.15) is 0 Å². The van der Waals surface area contributed by atoms with Crippen LogP contribution in [0, 0.1) is 0 Å². The van der Waals surface area contributed by atoms with Gasteiger partial charge in [0.2, 0.25) is 0 Å². The molecule has 0 radical (unpaired) electrons. The summed E-state index contributed by atoms with van der Waals surface area (Å²) in [5, 5.41) is 0. The van der Waals surface area contributed by atoms with Gasteiger partial charge in [-0.05, 0) is 34.1 Å². The monoisotopic (exact) mass is 302 g/mol. The van der Waals surface area contributed by atoms with Crippen LogP contribution in [0.3, 0.4) is 0 Å². The molecule has 1 atom stereocenters. The summed E-state index contributed by atoms with van der Waals surface area (Å²) >= 11 is 1.76. The lowest BCUT2D eigenvalue weighted by Gasteiger charge is -2.42. The third-order valence-corrected chi connectivity index (χ3v) is 4.93. The summed E-state index contributed by atoms with van der Waals surface area (Å²) in [5.41, 5.74) is 0. The molecule has 1 fully saturated rings. The van der Waals surface area contributed by atoms with Crippen molar-refractivity contribution in [2.24, 2.45) is 0 Å². The van der Waals surface area contributed by atoms with Gasteiger partial charge in [0.1, 0.15) is 0 Å². The molecule has 1 saturated heterocycles. The highest BCUT2D eigenvalue weighted by Gasteiger charge is 2.28. The lowest BCUT2D eigenvalue weighted by atomic mass is 10.2.